The van der Waals surface area contributed by atoms with Crippen molar-refractivity contribution in [1.82, 2.24) is 0 Å². The Morgan fingerprint density at radius 2 is 1.65 bits per heavy atom. The lowest BCUT2D eigenvalue weighted by Crippen LogP contribution is -2.16. The van der Waals surface area contributed by atoms with Crippen molar-refractivity contribution in [2.24, 2.45) is 0 Å². The highest BCUT2D eigenvalue weighted by Gasteiger charge is 2.30. The van der Waals surface area contributed by atoms with Gasteiger partial charge in [-0.25, -0.2) is 0 Å². The van der Waals surface area contributed by atoms with Crippen LogP contribution in [-0.4, -0.2) is 26.6 Å². The molecule has 162 valence electrons. The number of esters is 1. The van der Waals surface area contributed by atoms with Gasteiger partial charge in [0.15, 0.2) is 0 Å². The second-order valence-corrected chi connectivity index (χ2v) is 6.31. The Morgan fingerprint density at radius 3 is 2.23 bits per heavy atom. The van der Waals surface area contributed by atoms with Crippen LogP contribution in [0.3, 0.4) is 0 Å². The van der Waals surface area contributed by atoms with Gasteiger partial charge in [0.2, 0.25) is 0 Å². The van der Waals surface area contributed by atoms with E-state index in [4.69, 9.17) is 4.74 Å². The van der Waals surface area contributed by atoms with Crippen LogP contribution in [0.25, 0.3) is 11.6 Å². The maximum atomic E-state index is 12.2. The summed E-state index contributed by atoms with van der Waals surface area (Å²) in [4.78, 5) is 9.59. The lowest BCUT2D eigenvalue weighted by molar-refractivity contribution is -0.274. The van der Waals surface area contributed by atoms with Crippen molar-refractivity contribution in [3.63, 3.8) is 0 Å². The summed E-state index contributed by atoms with van der Waals surface area (Å²) in [5.74, 6) is 5.47. The van der Waals surface area contributed by atoms with Crippen LogP contribution in [0.4, 0.5) is 13.2 Å². The van der Waals surface area contributed by atoms with Gasteiger partial charge in [-0.1, -0.05) is 30.1 Å². The number of allylic oxidation sites excluding steroid dienone is 2. The van der Waals surface area contributed by atoms with Crippen LogP contribution >= 0.6 is 0 Å². The molecule has 0 amide bonds. The number of rotatable bonds is 2. The Labute approximate surface area is 178 Å². The predicted molar refractivity (Wildman–Crippen MR) is 112 cm³/mol. The molecule has 0 bridgehead atoms. The van der Waals surface area contributed by atoms with E-state index in [1.54, 1.807) is 13.4 Å². The summed E-state index contributed by atoms with van der Waals surface area (Å²) >= 11 is 0. The molecule has 3 rings (SSSR count). The van der Waals surface area contributed by atoms with Gasteiger partial charge in [-0.15, -0.1) is 13.2 Å². The maximum absolute atomic E-state index is 12.2. The zero-order valence-corrected chi connectivity index (χ0v) is 17.2. The molecule has 1 aliphatic carbocycles. The molecule has 4 nitrogen and oxygen atoms in total. The molecule has 0 aromatic heterocycles. The molecule has 0 spiro atoms. The zero-order valence-electron chi connectivity index (χ0n) is 17.2. The molecule has 0 atom stereocenters. The van der Waals surface area contributed by atoms with E-state index in [9.17, 15) is 18.0 Å². The number of hydrogen-bond donors (Lipinski definition) is 0. The fourth-order valence-electron chi connectivity index (χ4n) is 2.62. The van der Waals surface area contributed by atoms with Gasteiger partial charge in [-0.2, -0.15) is 0 Å². The third-order valence-corrected chi connectivity index (χ3v) is 4.02. The summed E-state index contributed by atoms with van der Waals surface area (Å²) in [7, 11) is 2.96. The van der Waals surface area contributed by atoms with Crippen LogP contribution in [0, 0.1) is 11.8 Å². The largest absolute Gasteiger partial charge is 0.573 e. The number of hydrogen-bond acceptors (Lipinski definition) is 4. The van der Waals surface area contributed by atoms with Crippen LogP contribution in [0.2, 0.25) is 0 Å². The average Bonchev–Trinajstić information content (AvgIpc) is 2.73. The summed E-state index contributed by atoms with van der Waals surface area (Å²) < 4.78 is 49.6. The second kappa shape index (κ2) is 10.9. The summed E-state index contributed by atoms with van der Waals surface area (Å²) in [5, 5.41) is 0. The molecular weight excluding hydrogens is 409 g/mol. The number of halogens is 3. The van der Waals surface area contributed by atoms with Crippen LogP contribution in [0.5, 0.6) is 5.75 Å². The normalized spacial score (nSPS) is 13.2. The Kier molecular flexibility index (Phi) is 8.33. The zero-order chi connectivity index (χ0) is 22.9. The average molecular weight is 430 g/mol. The molecule has 0 aliphatic heterocycles. The summed E-state index contributed by atoms with van der Waals surface area (Å²) in [5.41, 5.74) is 4.65. The van der Waals surface area contributed by atoms with Gasteiger partial charge in [0.1, 0.15) is 5.75 Å². The van der Waals surface area contributed by atoms with Crippen LogP contribution in [0.1, 0.15) is 35.6 Å². The van der Waals surface area contributed by atoms with Gasteiger partial charge in [0.25, 0.3) is 0 Å². The molecule has 0 heterocycles. The molecule has 0 N–H and O–H groups in total. The number of benzene rings is 2. The summed E-state index contributed by atoms with van der Waals surface area (Å²) in [6.07, 6.45) is 1.94. The molecule has 2 aromatic carbocycles. The smallest absolute Gasteiger partial charge is 0.504 e. The van der Waals surface area contributed by atoms with Crippen molar-refractivity contribution in [2.45, 2.75) is 19.7 Å². The van der Waals surface area contributed by atoms with Crippen molar-refractivity contribution in [1.29, 1.82) is 0 Å². The Hall–Kier alpha value is -3.66. The van der Waals surface area contributed by atoms with E-state index in [0.29, 0.717) is 5.56 Å². The lowest BCUT2D eigenvalue weighted by atomic mass is 9.91. The third kappa shape index (κ3) is 7.94. The van der Waals surface area contributed by atoms with E-state index in [2.05, 4.69) is 33.5 Å². The van der Waals surface area contributed by atoms with Crippen molar-refractivity contribution >= 4 is 17.6 Å². The molecule has 31 heavy (non-hydrogen) atoms. The first-order valence-corrected chi connectivity index (χ1v) is 9.17. The molecule has 7 heteroatoms. The minimum Gasteiger partial charge on any atom is -0.504 e. The van der Waals surface area contributed by atoms with E-state index in [0.717, 1.165) is 28.7 Å². The molecule has 0 radical (unpaired) electrons. The number of methoxy groups -OCH3 is 2. The van der Waals surface area contributed by atoms with Crippen molar-refractivity contribution in [2.75, 3.05) is 14.2 Å². The minimum atomic E-state index is -4.70. The maximum Gasteiger partial charge on any atom is 0.573 e. The highest BCUT2D eigenvalue weighted by atomic mass is 19.4. The van der Waals surface area contributed by atoms with Gasteiger partial charge in [0.05, 0.1) is 20.5 Å². The van der Waals surface area contributed by atoms with Gasteiger partial charge >= 0.3 is 12.3 Å². The predicted octanol–water partition coefficient (Wildman–Crippen LogP) is 5.57. The number of ether oxygens (including phenoxy) is 3. The first-order valence-electron chi connectivity index (χ1n) is 9.17. The second-order valence-electron chi connectivity index (χ2n) is 6.31. The Balaban J connectivity index is 0.000000614. The van der Waals surface area contributed by atoms with E-state index < -0.39 is 6.36 Å². The molecule has 0 saturated carbocycles. The molecule has 0 unspecified atom stereocenters. The van der Waals surface area contributed by atoms with Gasteiger partial charge in [-0.3, -0.25) is 4.79 Å². The van der Waals surface area contributed by atoms with Crippen LogP contribution < -0.4 is 4.74 Å². The highest BCUT2D eigenvalue weighted by molar-refractivity contribution is 5.79. The number of alkyl halides is 3. The van der Waals surface area contributed by atoms with Crippen LogP contribution in [-0.2, 0) is 14.3 Å². The number of carbonyl (C=O) groups is 1. The third-order valence-electron chi connectivity index (χ3n) is 4.02. The number of fused-ring (bicyclic) bond motifs is 1. The fraction of sp³-hybridized carbons (Fsp3) is 0.208. The number of carbonyl (C=O) groups excluding carboxylic acids is 1. The van der Waals surface area contributed by atoms with E-state index in [1.807, 2.05) is 18.2 Å². The van der Waals surface area contributed by atoms with E-state index in [-0.39, 0.29) is 11.7 Å². The molecule has 2 aromatic rings. The lowest BCUT2D eigenvalue weighted by Gasteiger charge is -2.14. The van der Waals surface area contributed by atoms with E-state index in [1.165, 1.54) is 38.3 Å². The molecule has 1 aliphatic rings. The van der Waals surface area contributed by atoms with E-state index >= 15 is 0 Å². The van der Waals surface area contributed by atoms with Crippen molar-refractivity contribution in [3.05, 3.63) is 77.1 Å². The van der Waals surface area contributed by atoms with Crippen molar-refractivity contribution < 1.29 is 32.2 Å². The Morgan fingerprint density at radius 1 is 1.03 bits per heavy atom. The highest BCUT2D eigenvalue weighted by Crippen LogP contribution is 2.29. The molecule has 0 fully saturated rings. The summed E-state index contributed by atoms with van der Waals surface area (Å²) in [6.45, 7) is 1.36. The molecule has 0 saturated heterocycles. The first kappa shape index (κ1) is 23.6. The topological polar surface area (TPSA) is 44.8 Å². The van der Waals surface area contributed by atoms with Crippen molar-refractivity contribution in [3.8, 4) is 17.6 Å². The Bertz CT molecular complexity index is 1020. The standard InChI is InChI=1S/C21H15F3O2.C3H6O2/c1-25-14-18-4-2-3-17-10-7-16(13-20(17)18)6-5-15-8-11-19(12-9-15)26-21(22,23)24;1-3(4)5-2/h2-3,7-14H,4H2,1H3;1-2H3. The fourth-order valence-corrected chi connectivity index (χ4v) is 2.62. The minimum absolute atomic E-state index is 0.245. The molecular formula is C24H21F3O4. The van der Waals surface area contributed by atoms with Gasteiger partial charge < -0.3 is 14.2 Å². The summed E-state index contributed by atoms with van der Waals surface area (Å²) in [6, 6.07) is 11.4. The monoisotopic (exact) mass is 430 g/mol. The van der Waals surface area contributed by atoms with Gasteiger partial charge in [0, 0.05) is 18.1 Å². The first-order chi connectivity index (χ1) is 14.7. The van der Waals surface area contributed by atoms with Crippen LogP contribution in [0.15, 0.2) is 54.8 Å². The SMILES string of the molecule is COC(C)=O.COC=C1CC=Cc2ccc(C#Cc3ccc(OC(F)(F)F)cc3)cc21. The quantitative estimate of drug-likeness (QED) is 0.355. The van der Waals surface area contributed by atoms with Gasteiger partial charge in [-0.05, 0) is 59.5 Å².